The number of carbonyl (C=O) groups is 1. The van der Waals surface area contributed by atoms with Crippen molar-refractivity contribution in [2.24, 2.45) is 5.92 Å². The van der Waals surface area contributed by atoms with Crippen molar-refractivity contribution in [2.75, 3.05) is 13.1 Å². The van der Waals surface area contributed by atoms with Gasteiger partial charge in [-0.2, -0.15) is 13.2 Å². The van der Waals surface area contributed by atoms with Crippen LogP contribution in [0.25, 0.3) is 0 Å². The van der Waals surface area contributed by atoms with E-state index in [-0.39, 0.29) is 23.8 Å². The standard InChI is InChI=1S/C21H21F3N2O/c22-21(23,24)15-6-3-5-14(10-15)17-11-18(17)20(27)26-12-19-16-7-2-1-4-13(16)8-9-25-19/h1-7,10,17-19,25H,8-9,11-12H2,(H,26,27). The number of carbonyl (C=O) groups excluding carboxylic acids is 1. The molecule has 2 N–H and O–H groups in total. The molecule has 1 amide bonds. The average Bonchev–Trinajstić information content (AvgIpc) is 3.46. The number of hydrogen-bond acceptors (Lipinski definition) is 2. The minimum Gasteiger partial charge on any atom is -0.354 e. The van der Waals surface area contributed by atoms with E-state index in [4.69, 9.17) is 0 Å². The zero-order valence-electron chi connectivity index (χ0n) is 14.7. The number of rotatable bonds is 4. The third-order valence-corrected chi connectivity index (χ3v) is 5.47. The van der Waals surface area contributed by atoms with Crippen molar-refractivity contribution in [1.29, 1.82) is 0 Å². The molecule has 142 valence electrons. The second-order valence-electron chi connectivity index (χ2n) is 7.27. The van der Waals surface area contributed by atoms with Crippen molar-refractivity contribution in [3.63, 3.8) is 0 Å². The first kappa shape index (κ1) is 18.0. The van der Waals surface area contributed by atoms with E-state index >= 15 is 0 Å². The van der Waals surface area contributed by atoms with Crippen LogP contribution >= 0.6 is 0 Å². The largest absolute Gasteiger partial charge is 0.416 e. The van der Waals surface area contributed by atoms with E-state index in [9.17, 15) is 18.0 Å². The maximum absolute atomic E-state index is 12.9. The van der Waals surface area contributed by atoms with Crippen LogP contribution in [0.5, 0.6) is 0 Å². The van der Waals surface area contributed by atoms with Gasteiger partial charge in [-0.3, -0.25) is 4.79 Å². The molecule has 0 saturated heterocycles. The van der Waals surface area contributed by atoms with Gasteiger partial charge >= 0.3 is 6.18 Å². The topological polar surface area (TPSA) is 41.1 Å². The summed E-state index contributed by atoms with van der Waals surface area (Å²) in [6, 6.07) is 13.6. The average molecular weight is 374 g/mol. The van der Waals surface area contributed by atoms with E-state index in [1.54, 1.807) is 6.07 Å². The van der Waals surface area contributed by atoms with Gasteiger partial charge < -0.3 is 10.6 Å². The Labute approximate surface area is 156 Å². The molecule has 3 unspecified atom stereocenters. The Hall–Kier alpha value is -2.34. The predicted octanol–water partition coefficient (Wildman–Crippen LogP) is 3.81. The van der Waals surface area contributed by atoms with E-state index in [0.717, 1.165) is 25.1 Å². The lowest BCUT2D eigenvalue weighted by Gasteiger charge is -2.27. The molecule has 1 heterocycles. The number of alkyl halides is 3. The minimum absolute atomic E-state index is 0.0738. The van der Waals surface area contributed by atoms with Crippen molar-refractivity contribution in [3.8, 4) is 0 Å². The molecule has 1 fully saturated rings. The molecule has 1 aliphatic heterocycles. The lowest BCUT2D eigenvalue weighted by Crippen LogP contribution is -2.39. The monoisotopic (exact) mass is 374 g/mol. The van der Waals surface area contributed by atoms with Gasteiger partial charge in [-0.1, -0.05) is 42.5 Å². The van der Waals surface area contributed by atoms with Crippen LogP contribution in [0.2, 0.25) is 0 Å². The van der Waals surface area contributed by atoms with Crippen LogP contribution in [0.15, 0.2) is 48.5 Å². The SMILES string of the molecule is O=C(NCC1NCCc2ccccc21)C1CC1c1cccc(C(F)(F)F)c1. The van der Waals surface area contributed by atoms with Crippen LogP contribution in [0.3, 0.4) is 0 Å². The fourth-order valence-electron chi connectivity index (χ4n) is 3.91. The molecule has 4 rings (SSSR count). The molecule has 2 aliphatic rings. The highest BCUT2D eigenvalue weighted by Gasteiger charge is 2.44. The van der Waals surface area contributed by atoms with E-state index in [1.807, 2.05) is 12.1 Å². The summed E-state index contributed by atoms with van der Waals surface area (Å²) in [6.07, 6.45) is -2.79. The summed E-state index contributed by atoms with van der Waals surface area (Å²) >= 11 is 0. The number of nitrogens with one attached hydrogen (secondary N) is 2. The Balaban J connectivity index is 1.36. The molecule has 0 bridgehead atoms. The summed E-state index contributed by atoms with van der Waals surface area (Å²) in [5, 5.41) is 6.39. The van der Waals surface area contributed by atoms with Crippen molar-refractivity contribution in [2.45, 2.75) is 31.0 Å². The zero-order chi connectivity index (χ0) is 19.0. The molecular weight excluding hydrogens is 353 g/mol. The van der Waals surface area contributed by atoms with Gasteiger partial charge in [0.1, 0.15) is 0 Å². The summed E-state index contributed by atoms with van der Waals surface area (Å²) in [5.74, 6) is -0.450. The van der Waals surface area contributed by atoms with E-state index in [2.05, 4.69) is 22.8 Å². The first-order valence-corrected chi connectivity index (χ1v) is 9.19. The second kappa shape index (κ2) is 7.00. The maximum Gasteiger partial charge on any atom is 0.416 e. The Morgan fingerprint density at radius 3 is 2.78 bits per heavy atom. The smallest absolute Gasteiger partial charge is 0.354 e. The van der Waals surface area contributed by atoms with Crippen molar-refractivity contribution in [3.05, 3.63) is 70.8 Å². The Morgan fingerprint density at radius 1 is 1.15 bits per heavy atom. The van der Waals surface area contributed by atoms with Crippen molar-refractivity contribution >= 4 is 5.91 Å². The molecular formula is C21H21F3N2O. The molecule has 3 atom stereocenters. The molecule has 0 spiro atoms. The summed E-state index contributed by atoms with van der Waals surface area (Å²) in [6.45, 7) is 1.36. The van der Waals surface area contributed by atoms with Crippen LogP contribution < -0.4 is 10.6 Å². The molecule has 0 aromatic heterocycles. The van der Waals surface area contributed by atoms with Gasteiger partial charge in [-0.15, -0.1) is 0 Å². The molecule has 1 aliphatic carbocycles. The molecule has 1 saturated carbocycles. The van der Waals surface area contributed by atoms with E-state index < -0.39 is 11.7 Å². The van der Waals surface area contributed by atoms with Crippen LogP contribution in [-0.4, -0.2) is 19.0 Å². The number of amides is 1. The number of hydrogen-bond donors (Lipinski definition) is 2. The van der Waals surface area contributed by atoms with E-state index in [0.29, 0.717) is 18.5 Å². The van der Waals surface area contributed by atoms with Crippen molar-refractivity contribution in [1.82, 2.24) is 10.6 Å². The molecule has 0 radical (unpaired) electrons. The number of benzene rings is 2. The molecule has 27 heavy (non-hydrogen) atoms. The summed E-state index contributed by atoms with van der Waals surface area (Å²) in [4.78, 5) is 12.5. The third kappa shape index (κ3) is 3.86. The summed E-state index contributed by atoms with van der Waals surface area (Å²) in [5.41, 5.74) is 2.43. The number of halogens is 3. The Morgan fingerprint density at radius 2 is 1.96 bits per heavy atom. The van der Waals surface area contributed by atoms with Crippen molar-refractivity contribution < 1.29 is 18.0 Å². The molecule has 3 nitrogen and oxygen atoms in total. The van der Waals surface area contributed by atoms with Gasteiger partial charge in [-0.25, -0.2) is 0 Å². The lowest BCUT2D eigenvalue weighted by molar-refractivity contribution is -0.137. The van der Waals surface area contributed by atoms with Gasteiger partial charge in [-0.05, 0) is 48.1 Å². The second-order valence-corrected chi connectivity index (χ2v) is 7.27. The van der Waals surface area contributed by atoms with Gasteiger partial charge in [0.15, 0.2) is 0 Å². The zero-order valence-corrected chi connectivity index (χ0v) is 14.7. The first-order chi connectivity index (χ1) is 12.9. The number of fused-ring (bicyclic) bond motifs is 1. The molecule has 2 aromatic carbocycles. The Bertz CT molecular complexity index is 849. The first-order valence-electron chi connectivity index (χ1n) is 9.19. The molecule has 6 heteroatoms. The van der Waals surface area contributed by atoms with Gasteiger partial charge in [0.05, 0.1) is 5.56 Å². The highest BCUT2D eigenvalue weighted by Crippen LogP contribution is 2.48. The van der Waals surface area contributed by atoms with E-state index in [1.165, 1.54) is 17.2 Å². The van der Waals surface area contributed by atoms with Crippen LogP contribution in [-0.2, 0) is 17.4 Å². The van der Waals surface area contributed by atoms with Gasteiger partial charge in [0.2, 0.25) is 5.91 Å². The van der Waals surface area contributed by atoms with Crippen LogP contribution in [0.4, 0.5) is 13.2 Å². The van der Waals surface area contributed by atoms with Crippen LogP contribution in [0.1, 0.15) is 40.6 Å². The normalized spacial score (nSPS) is 24.2. The fourth-order valence-corrected chi connectivity index (χ4v) is 3.91. The highest BCUT2D eigenvalue weighted by molar-refractivity contribution is 5.83. The van der Waals surface area contributed by atoms with Crippen LogP contribution in [0, 0.1) is 5.92 Å². The summed E-state index contributed by atoms with van der Waals surface area (Å²) < 4.78 is 38.6. The lowest BCUT2D eigenvalue weighted by atomic mass is 9.94. The van der Waals surface area contributed by atoms with Gasteiger partial charge in [0.25, 0.3) is 0 Å². The highest BCUT2D eigenvalue weighted by atomic mass is 19.4. The molecule has 2 aromatic rings. The summed E-state index contributed by atoms with van der Waals surface area (Å²) in [7, 11) is 0. The Kier molecular flexibility index (Phi) is 4.68. The quantitative estimate of drug-likeness (QED) is 0.855. The fraction of sp³-hybridized carbons (Fsp3) is 0.381. The maximum atomic E-state index is 12.9. The minimum atomic E-state index is -4.36. The van der Waals surface area contributed by atoms with Gasteiger partial charge in [0, 0.05) is 18.5 Å². The third-order valence-electron chi connectivity index (χ3n) is 5.47. The predicted molar refractivity (Wildman–Crippen MR) is 96.2 cm³/mol.